The number of carbonyl (C=O) groups is 2. The van der Waals surface area contributed by atoms with Gasteiger partial charge in [0.25, 0.3) is 0 Å². The number of aromatic amines is 1. The first-order valence-corrected chi connectivity index (χ1v) is 7.93. The monoisotopic (exact) mass is 340 g/mol. The van der Waals surface area contributed by atoms with E-state index in [9.17, 15) is 14.7 Å². The first-order valence-electron chi connectivity index (χ1n) is 7.93. The lowest BCUT2D eigenvalue weighted by Gasteiger charge is -2.19. The maximum atomic E-state index is 12.3. The minimum Gasteiger partial charge on any atom is -0.479 e. The molecule has 0 saturated carbocycles. The highest BCUT2D eigenvalue weighted by atomic mass is 16.4. The van der Waals surface area contributed by atoms with E-state index in [1.54, 1.807) is 13.8 Å². The van der Waals surface area contributed by atoms with Crippen LogP contribution in [0.2, 0.25) is 0 Å². The summed E-state index contributed by atoms with van der Waals surface area (Å²) in [7, 11) is 0. The minimum atomic E-state index is -1.18. The van der Waals surface area contributed by atoms with Crippen molar-refractivity contribution in [2.24, 2.45) is 0 Å². The maximum absolute atomic E-state index is 12.3. The molecule has 0 radical (unpaired) electrons. The van der Waals surface area contributed by atoms with Crippen LogP contribution in [0.3, 0.4) is 0 Å². The van der Waals surface area contributed by atoms with Crippen molar-refractivity contribution in [3.8, 4) is 0 Å². The number of carboxylic acid groups (broad SMARTS) is 1. The Bertz CT molecular complexity index is 952. The van der Waals surface area contributed by atoms with Gasteiger partial charge in [0.2, 0.25) is 5.91 Å². The molecule has 7 nitrogen and oxygen atoms in total. The summed E-state index contributed by atoms with van der Waals surface area (Å²) in [6.07, 6.45) is 5.03. The second-order valence-corrected chi connectivity index (χ2v) is 6.57. The van der Waals surface area contributed by atoms with E-state index in [0.717, 1.165) is 22.0 Å². The molecule has 0 atom stereocenters. The number of benzene rings is 1. The number of fused-ring (bicyclic) bond motifs is 1. The SMILES string of the molecule is Cc1cccc2c(CC(=O)Nc3cnn(C(C)(C)C(=O)O)c3)c[nH]c12. The normalized spacial score (nSPS) is 11.6. The van der Waals surface area contributed by atoms with Gasteiger partial charge in [-0.1, -0.05) is 18.2 Å². The Labute approximate surface area is 144 Å². The molecule has 3 aromatic rings. The average molecular weight is 340 g/mol. The van der Waals surface area contributed by atoms with Crippen molar-refractivity contribution >= 4 is 28.5 Å². The first-order chi connectivity index (χ1) is 11.8. The van der Waals surface area contributed by atoms with Crippen LogP contribution in [0.5, 0.6) is 0 Å². The summed E-state index contributed by atoms with van der Waals surface area (Å²) >= 11 is 0. The Morgan fingerprint density at radius 2 is 2.12 bits per heavy atom. The number of anilines is 1. The lowest BCUT2D eigenvalue weighted by Crippen LogP contribution is -2.35. The summed E-state index contributed by atoms with van der Waals surface area (Å²) in [6, 6.07) is 5.96. The number of nitrogens with zero attached hydrogens (tertiary/aromatic N) is 2. The molecular formula is C18H20N4O3. The second kappa shape index (κ2) is 6.08. The molecule has 0 saturated heterocycles. The largest absolute Gasteiger partial charge is 0.479 e. The van der Waals surface area contributed by atoms with Gasteiger partial charge in [0.1, 0.15) is 0 Å². The van der Waals surface area contributed by atoms with Crippen LogP contribution >= 0.6 is 0 Å². The Kier molecular flexibility index (Phi) is 4.08. The number of hydrogen-bond donors (Lipinski definition) is 3. The highest BCUT2D eigenvalue weighted by molar-refractivity contribution is 5.96. The van der Waals surface area contributed by atoms with Crippen LogP contribution in [0, 0.1) is 6.92 Å². The Balaban J connectivity index is 1.74. The third-order valence-corrected chi connectivity index (χ3v) is 4.32. The second-order valence-electron chi connectivity index (χ2n) is 6.57. The van der Waals surface area contributed by atoms with Gasteiger partial charge >= 0.3 is 5.97 Å². The van der Waals surface area contributed by atoms with Gasteiger partial charge in [0, 0.05) is 23.3 Å². The summed E-state index contributed by atoms with van der Waals surface area (Å²) in [5.41, 5.74) is 2.35. The number of para-hydroxylation sites is 1. The summed E-state index contributed by atoms with van der Waals surface area (Å²) in [6.45, 7) is 5.10. The number of nitrogens with one attached hydrogen (secondary N) is 2. The van der Waals surface area contributed by atoms with E-state index in [2.05, 4.69) is 15.4 Å². The molecule has 1 aromatic carbocycles. The molecule has 3 rings (SSSR count). The number of hydrogen-bond acceptors (Lipinski definition) is 3. The van der Waals surface area contributed by atoms with Crippen LogP contribution < -0.4 is 5.32 Å². The quantitative estimate of drug-likeness (QED) is 0.665. The zero-order valence-corrected chi connectivity index (χ0v) is 14.3. The van der Waals surface area contributed by atoms with Crippen LogP contribution in [0.25, 0.3) is 10.9 Å². The fraction of sp³-hybridized carbons (Fsp3) is 0.278. The number of carbonyl (C=O) groups excluding carboxylic acids is 1. The Morgan fingerprint density at radius 1 is 1.36 bits per heavy atom. The molecule has 0 unspecified atom stereocenters. The fourth-order valence-electron chi connectivity index (χ4n) is 2.68. The molecule has 25 heavy (non-hydrogen) atoms. The van der Waals surface area contributed by atoms with Crippen molar-refractivity contribution in [2.45, 2.75) is 32.7 Å². The molecular weight excluding hydrogens is 320 g/mol. The van der Waals surface area contributed by atoms with E-state index in [4.69, 9.17) is 0 Å². The maximum Gasteiger partial charge on any atom is 0.331 e. The first kappa shape index (κ1) is 16.8. The third kappa shape index (κ3) is 3.13. The predicted molar refractivity (Wildman–Crippen MR) is 94.6 cm³/mol. The summed E-state index contributed by atoms with van der Waals surface area (Å²) in [5.74, 6) is -1.18. The van der Waals surface area contributed by atoms with E-state index in [1.165, 1.54) is 17.1 Å². The van der Waals surface area contributed by atoms with Crippen LogP contribution in [-0.2, 0) is 21.5 Å². The molecule has 130 valence electrons. The molecule has 7 heteroatoms. The number of aryl methyl sites for hydroxylation is 1. The molecule has 0 fully saturated rings. The van der Waals surface area contributed by atoms with Crippen molar-refractivity contribution < 1.29 is 14.7 Å². The van der Waals surface area contributed by atoms with Gasteiger partial charge in [0.05, 0.1) is 18.3 Å². The van der Waals surface area contributed by atoms with Gasteiger partial charge in [-0.25, -0.2) is 4.79 Å². The Morgan fingerprint density at radius 3 is 2.84 bits per heavy atom. The van der Waals surface area contributed by atoms with Gasteiger partial charge in [0.15, 0.2) is 5.54 Å². The van der Waals surface area contributed by atoms with Crippen molar-refractivity contribution in [3.63, 3.8) is 0 Å². The number of aliphatic carboxylic acids is 1. The van der Waals surface area contributed by atoms with E-state index in [0.29, 0.717) is 5.69 Å². The molecule has 0 aliphatic carbocycles. The average Bonchev–Trinajstić information content (AvgIpc) is 3.16. The van der Waals surface area contributed by atoms with E-state index >= 15 is 0 Å². The standard InChI is InChI=1S/C18H20N4O3/c1-11-5-4-6-14-12(8-19-16(11)14)7-15(23)21-13-9-20-22(10-13)18(2,3)17(24)25/h4-6,8-10,19H,7H2,1-3H3,(H,21,23)(H,24,25). The van der Waals surface area contributed by atoms with Crippen LogP contribution in [-0.4, -0.2) is 31.7 Å². The molecule has 3 N–H and O–H groups in total. The number of aromatic nitrogens is 3. The summed E-state index contributed by atoms with van der Waals surface area (Å²) < 4.78 is 1.32. The van der Waals surface area contributed by atoms with Crippen molar-refractivity contribution in [2.75, 3.05) is 5.32 Å². The van der Waals surface area contributed by atoms with Crippen molar-refractivity contribution in [3.05, 3.63) is 47.9 Å². The third-order valence-electron chi connectivity index (χ3n) is 4.32. The highest BCUT2D eigenvalue weighted by Crippen LogP contribution is 2.22. The topological polar surface area (TPSA) is 100 Å². The van der Waals surface area contributed by atoms with Crippen LogP contribution in [0.1, 0.15) is 25.0 Å². The zero-order chi connectivity index (χ0) is 18.2. The molecule has 2 heterocycles. The molecule has 2 aromatic heterocycles. The number of rotatable bonds is 5. The van der Waals surface area contributed by atoms with Crippen molar-refractivity contribution in [1.82, 2.24) is 14.8 Å². The van der Waals surface area contributed by atoms with E-state index in [1.807, 2.05) is 31.3 Å². The molecule has 0 bridgehead atoms. The predicted octanol–water partition coefficient (Wildman–Crippen LogP) is 2.67. The number of carboxylic acids is 1. The molecule has 0 aliphatic heterocycles. The van der Waals surface area contributed by atoms with Gasteiger partial charge in [-0.05, 0) is 31.9 Å². The summed E-state index contributed by atoms with van der Waals surface area (Å²) in [4.78, 5) is 26.8. The summed E-state index contributed by atoms with van der Waals surface area (Å²) in [5, 5.41) is 17.1. The van der Waals surface area contributed by atoms with E-state index in [-0.39, 0.29) is 12.3 Å². The van der Waals surface area contributed by atoms with Gasteiger partial charge < -0.3 is 15.4 Å². The van der Waals surface area contributed by atoms with Gasteiger partial charge in [-0.15, -0.1) is 0 Å². The Hall–Kier alpha value is -3.09. The fourth-order valence-corrected chi connectivity index (χ4v) is 2.68. The molecule has 0 spiro atoms. The smallest absolute Gasteiger partial charge is 0.331 e. The lowest BCUT2D eigenvalue weighted by atomic mass is 10.1. The number of amides is 1. The van der Waals surface area contributed by atoms with Gasteiger partial charge in [-0.3, -0.25) is 9.48 Å². The van der Waals surface area contributed by atoms with Crippen LogP contribution in [0.4, 0.5) is 5.69 Å². The zero-order valence-electron chi connectivity index (χ0n) is 14.3. The van der Waals surface area contributed by atoms with Gasteiger partial charge in [-0.2, -0.15) is 5.10 Å². The molecule has 0 aliphatic rings. The molecule has 1 amide bonds. The lowest BCUT2D eigenvalue weighted by molar-refractivity contribution is -0.146. The van der Waals surface area contributed by atoms with Crippen LogP contribution in [0.15, 0.2) is 36.8 Å². The van der Waals surface area contributed by atoms with E-state index < -0.39 is 11.5 Å². The minimum absolute atomic E-state index is 0.185. The van der Waals surface area contributed by atoms with Crippen molar-refractivity contribution in [1.29, 1.82) is 0 Å². The number of H-pyrrole nitrogens is 1. The highest BCUT2D eigenvalue weighted by Gasteiger charge is 2.30.